The molecule has 0 atom stereocenters. The Morgan fingerprint density at radius 1 is 0.679 bits per heavy atom. The SMILES string of the molecule is CC(C)CN(CC(C)C)C(=O)c1cccc(C(=O)N(CC(C)C)CC(C)C)n1. The van der Waals surface area contributed by atoms with E-state index in [1.165, 1.54) is 0 Å². The number of hydrogen-bond acceptors (Lipinski definition) is 3. The minimum Gasteiger partial charge on any atom is -0.337 e. The molecule has 0 saturated heterocycles. The average molecular weight is 390 g/mol. The highest BCUT2D eigenvalue weighted by atomic mass is 16.2. The van der Waals surface area contributed by atoms with E-state index in [1.54, 1.807) is 18.2 Å². The highest BCUT2D eigenvalue weighted by Crippen LogP contribution is 2.13. The summed E-state index contributed by atoms with van der Waals surface area (Å²) < 4.78 is 0. The number of aromatic nitrogens is 1. The first-order chi connectivity index (χ1) is 13.0. The maximum Gasteiger partial charge on any atom is 0.272 e. The van der Waals surface area contributed by atoms with Crippen molar-refractivity contribution < 1.29 is 9.59 Å². The van der Waals surface area contributed by atoms with Crippen LogP contribution in [0.5, 0.6) is 0 Å². The molecule has 0 N–H and O–H groups in total. The first kappa shape index (κ1) is 24.1. The third-order valence-corrected chi connectivity index (χ3v) is 4.10. The molecule has 158 valence electrons. The van der Waals surface area contributed by atoms with Crippen molar-refractivity contribution in [1.29, 1.82) is 0 Å². The lowest BCUT2D eigenvalue weighted by molar-refractivity contribution is 0.0700. The van der Waals surface area contributed by atoms with E-state index in [0.717, 1.165) is 0 Å². The normalized spacial score (nSPS) is 11.6. The summed E-state index contributed by atoms with van der Waals surface area (Å²) in [5.74, 6) is 1.30. The number of nitrogens with zero attached hydrogens (tertiary/aromatic N) is 3. The molecule has 28 heavy (non-hydrogen) atoms. The third-order valence-electron chi connectivity index (χ3n) is 4.10. The van der Waals surface area contributed by atoms with E-state index < -0.39 is 0 Å². The Kier molecular flexibility index (Phi) is 9.63. The Bertz CT molecular complexity index is 567. The summed E-state index contributed by atoms with van der Waals surface area (Å²) in [6, 6.07) is 5.18. The van der Waals surface area contributed by atoms with Crippen LogP contribution in [-0.4, -0.2) is 52.8 Å². The molecule has 0 fully saturated rings. The van der Waals surface area contributed by atoms with Crippen LogP contribution in [0.1, 0.15) is 76.4 Å². The van der Waals surface area contributed by atoms with Crippen LogP contribution < -0.4 is 0 Å². The smallest absolute Gasteiger partial charge is 0.272 e. The summed E-state index contributed by atoms with van der Waals surface area (Å²) >= 11 is 0. The van der Waals surface area contributed by atoms with Gasteiger partial charge in [-0.15, -0.1) is 0 Å². The highest BCUT2D eigenvalue weighted by molar-refractivity contribution is 5.96. The zero-order chi connectivity index (χ0) is 21.4. The minimum atomic E-state index is -0.101. The van der Waals surface area contributed by atoms with Crippen molar-refractivity contribution in [3.8, 4) is 0 Å². The molecule has 5 heteroatoms. The van der Waals surface area contributed by atoms with E-state index >= 15 is 0 Å². The van der Waals surface area contributed by atoms with Crippen LogP contribution >= 0.6 is 0 Å². The Balaban J connectivity index is 3.10. The molecule has 1 heterocycles. The molecule has 0 saturated carbocycles. The van der Waals surface area contributed by atoms with Crippen molar-refractivity contribution in [2.75, 3.05) is 26.2 Å². The molecule has 0 spiro atoms. The molecule has 1 aromatic rings. The molecule has 2 amide bonds. The summed E-state index contributed by atoms with van der Waals surface area (Å²) in [6.07, 6.45) is 0. The van der Waals surface area contributed by atoms with E-state index in [-0.39, 0.29) is 11.8 Å². The summed E-state index contributed by atoms with van der Waals surface area (Å²) in [4.78, 5) is 34.3. The molecule has 5 nitrogen and oxygen atoms in total. The lowest BCUT2D eigenvalue weighted by atomic mass is 10.1. The van der Waals surface area contributed by atoms with Gasteiger partial charge in [0.15, 0.2) is 0 Å². The molecule has 0 aliphatic carbocycles. The summed E-state index contributed by atoms with van der Waals surface area (Å²) in [5.41, 5.74) is 0.697. The second kappa shape index (κ2) is 11.2. The Labute approximate surface area is 171 Å². The molecule has 0 aliphatic rings. The number of rotatable bonds is 10. The van der Waals surface area contributed by atoms with Gasteiger partial charge in [-0.2, -0.15) is 0 Å². The van der Waals surface area contributed by atoms with E-state index in [9.17, 15) is 9.59 Å². The van der Waals surface area contributed by atoms with Crippen molar-refractivity contribution in [2.24, 2.45) is 23.7 Å². The molecule has 0 aromatic carbocycles. The topological polar surface area (TPSA) is 53.5 Å². The highest BCUT2D eigenvalue weighted by Gasteiger charge is 2.23. The lowest BCUT2D eigenvalue weighted by Crippen LogP contribution is -2.39. The van der Waals surface area contributed by atoms with Gasteiger partial charge in [0.05, 0.1) is 0 Å². The number of hydrogen-bond donors (Lipinski definition) is 0. The zero-order valence-corrected chi connectivity index (χ0v) is 19.0. The van der Waals surface area contributed by atoms with Crippen molar-refractivity contribution in [3.05, 3.63) is 29.6 Å². The monoisotopic (exact) mass is 389 g/mol. The fourth-order valence-electron chi connectivity index (χ4n) is 3.24. The average Bonchev–Trinajstić information content (AvgIpc) is 2.57. The Hall–Kier alpha value is -1.91. The van der Waals surface area contributed by atoms with Crippen LogP contribution in [0.2, 0.25) is 0 Å². The number of carbonyl (C=O) groups excluding carboxylic acids is 2. The minimum absolute atomic E-state index is 0.101. The van der Waals surface area contributed by atoms with Crippen LogP contribution in [0.25, 0.3) is 0 Å². The first-order valence-corrected chi connectivity index (χ1v) is 10.6. The van der Waals surface area contributed by atoms with Gasteiger partial charge in [0, 0.05) is 26.2 Å². The molecular formula is C23H39N3O2. The van der Waals surface area contributed by atoms with Gasteiger partial charge < -0.3 is 9.80 Å². The van der Waals surface area contributed by atoms with Crippen molar-refractivity contribution in [1.82, 2.24) is 14.8 Å². The van der Waals surface area contributed by atoms with Crippen LogP contribution in [0.15, 0.2) is 18.2 Å². The van der Waals surface area contributed by atoms with Crippen LogP contribution in [0, 0.1) is 23.7 Å². The molecule has 0 aliphatic heterocycles. The van der Waals surface area contributed by atoms with Crippen molar-refractivity contribution in [2.45, 2.75) is 55.4 Å². The van der Waals surface area contributed by atoms with Gasteiger partial charge in [0.1, 0.15) is 11.4 Å². The van der Waals surface area contributed by atoms with Gasteiger partial charge in [-0.3, -0.25) is 9.59 Å². The standard InChI is InChI=1S/C23H39N3O2/c1-16(2)12-25(13-17(3)4)22(27)20-10-9-11-21(24-20)23(28)26(14-18(5)6)15-19(7)8/h9-11,16-19H,12-15H2,1-8H3. The Morgan fingerprint density at radius 3 is 1.21 bits per heavy atom. The number of pyridine rings is 1. The maximum atomic E-state index is 13.1. The maximum absolute atomic E-state index is 13.1. The molecule has 0 radical (unpaired) electrons. The van der Waals surface area contributed by atoms with Gasteiger partial charge in [-0.25, -0.2) is 4.98 Å². The quantitative estimate of drug-likeness (QED) is 0.588. The van der Waals surface area contributed by atoms with Gasteiger partial charge in [-0.1, -0.05) is 61.5 Å². The first-order valence-electron chi connectivity index (χ1n) is 10.6. The van der Waals surface area contributed by atoms with E-state index in [1.807, 2.05) is 9.80 Å². The predicted molar refractivity (Wildman–Crippen MR) is 115 cm³/mol. The molecule has 0 bridgehead atoms. The van der Waals surface area contributed by atoms with Crippen LogP contribution in [0.4, 0.5) is 0 Å². The van der Waals surface area contributed by atoms with Gasteiger partial charge in [0.25, 0.3) is 11.8 Å². The van der Waals surface area contributed by atoms with Crippen molar-refractivity contribution in [3.63, 3.8) is 0 Å². The molecule has 1 rings (SSSR count). The van der Waals surface area contributed by atoms with E-state index in [4.69, 9.17) is 0 Å². The Morgan fingerprint density at radius 2 is 0.964 bits per heavy atom. The largest absolute Gasteiger partial charge is 0.337 e. The predicted octanol–water partition coefficient (Wildman–Crippen LogP) is 4.59. The number of carbonyl (C=O) groups is 2. The van der Waals surface area contributed by atoms with Gasteiger partial charge in [-0.05, 0) is 35.8 Å². The third kappa shape index (κ3) is 7.99. The lowest BCUT2D eigenvalue weighted by Gasteiger charge is -2.27. The van der Waals surface area contributed by atoms with Crippen molar-refractivity contribution >= 4 is 11.8 Å². The molecular weight excluding hydrogens is 350 g/mol. The van der Waals surface area contributed by atoms with E-state index in [0.29, 0.717) is 61.2 Å². The molecule has 1 aromatic heterocycles. The van der Waals surface area contributed by atoms with Gasteiger partial charge in [0.2, 0.25) is 0 Å². The second-order valence-electron chi connectivity index (χ2n) is 9.40. The second-order valence-corrected chi connectivity index (χ2v) is 9.40. The van der Waals surface area contributed by atoms with E-state index in [2.05, 4.69) is 60.4 Å². The van der Waals surface area contributed by atoms with Crippen LogP contribution in [0.3, 0.4) is 0 Å². The fraction of sp³-hybridized carbons (Fsp3) is 0.696. The number of amides is 2. The fourth-order valence-corrected chi connectivity index (χ4v) is 3.24. The van der Waals surface area contributed by atoms with Gasteiger partial charge >= 0.3 is 0 Å². The zero-order valence-electron chi connectivity index (χ0n) is 19.0. The molecule has 0 unspecified atom stereocenters. The summed E-state index contributed by atoms with van der Waals surface area (Å²) in [7, 11) is 0. The summed E-state index contributed by atoms with van der Waals surface area (Å²) in [6.45, 7) is 19.5. The van der Waals surface area contributed by atoms with Crippen LogP contribution in [-0.2, 0) is 0 Å². The summed E-state index contributed by atoms with van der Waals surface area (Å²) in [5, 5.41) is 0.